The molecule has 0 saturated heterocycles. The minimum absolute atomic E-state index is 0.0229. The summed E-state index contributed by atoms with van der Waals surface area (Å²) in [4.78, 5) is 117. The summed E-state index contributed by atoms with van der Waals surface area (Å²) in [7, 11) is 3.00. The van der Waals surface area contributed by atoms with Crippen molar-refractivity contribution < 1.29 is 38.4 Å². The lowest BCUT2D eigenvalue weighted by Crippen LogP contribution is -2.55. The van der Waals surface area contributed by atoms with E-state index in [0.29, 0.717) is 48.2 Å². The Morgan fingerprint density at radius 3 is 1.49 bits per heavy atom. The lowest BCUT2D eigenvalue weighted by molar-refractivity contribution is -0.145. The summed E-state index contributed by atoms with van der Waals surface area (Å²) in [5, 5.41) is 9.33. The number of ketones is 1. The number of aromatic nitrogens is 6. The second-order valence-electron chi connectivity index (χ2n) is 14.0. The fraction of sp³-hybridized carbons (Fsp3) is 0.757. The Morgan fingerprint density at radius 1 is 0.526 bits per heavy atom. The van der Waals surface area contributed by atoms with Crippen LogP contribution in [0.4, 0.5) is 0 Å². The number of aliphatic hydroxyl groups excluding tert-OH is 1. The molecule has 320 valence electrons. The molecule has 0 radical (unpaired) electrons. The van der Waals surface area contributed by atoms with Crippen LogP contribution in [0.2, 0.25) is 0 Å². The van der Waals surface area contributed by atoms with Gasteiger partial charge in [0.25, 0.3) is 0 Å². The molecule has 0 aliphatic heterocycles. The summed E-state index contributed by atoms with van der Waals surface area (Å²) in [6.45, 7) is -2.90. The Labute approximate surface area is 328 Å². The van der Waals surface area contributed by atoms with Crippen molar-refractivity contribution in [1.29, 1.82) is 0 Å². The van der Waals surface area contributed by atoms with Gasteiger partial charge in [0.2, 0.25) is 0 Å². The summed E-state index contributed by atoms with van der Waals surface area (Å²) in [6, 6.07) is 0. The Morgan fingerprint density at radius 2 is 0.965 bits per heavy atom. The van der Waals surface area contributed by atoms with E-state index < -0.39 is 91.9 Å². The van der Waals surface area contributed by atoms with E-state index in [9.17, 15) is 48.3 Å². The van der Waals surface area contributed by atoms with Crippen LogP contribution >= 0.6 is 0 Å². The van der Waals surface area contributed by atoms with Gasteiger partial charge >= 0.3 is 46.1 Å². The average molecular weight is 811 g/mol. The van der Waals surface area contributed by atoms with Gasteiger partial charge in [0.1, 0.15) is 6.61 Å². The molecule has 2 heterocycles. The number of hydrogen-bond acceptors (Lipinski definition) is 14. The Balaban J connectivity index is 1.73. The summed E-state index contributed by atoms with van der Waals surface area (Å²) >= 11 is 0. The van der Waals surface area contributed by atoms with Crippen LogP contribution in [-0.4, -0.2) is 97.5 Å². The highest BCUT2D eigenvalue weighted by Gasteiger charge is 2.22. The smallest absolute Gasteiger partial charge is 0.336 e. The van der Waals surface area contributed by atoms with Gasteiger partial charge in [0.15, 0.2) is 5.78 Å². The summed E-state index contributed by atoms with van der Waals surface area (Å²) in [5.41, 5.74) is -6.21. The molecule has 20 nitrogen and oxygen atoms in total. The third-order valence-electron chi connectivity index (χ3n) is 9.92. The van der Waals surface area contributed by atoms with Crippen LogP contribution < -0.4 is 34.1 Å². The predicted octanol–water partition coefficient (Wildman–Crippen LogP) is -0.611. The first-order chi connectivity index (χ1) is 27.4. The molecule has 2 aromatic heterocycles. The molecule has 0 bridgehead atoms. The Kier molecular flexibility index (Phi) is 20.3. The SMILES string of the molecule is COCCCCCCCOC(=O)CCn1c(=O)n(CCC(=O)OCCn2c(=O)n(CCO)c(=O)n(CCOC)c2=O)c(=O)n(CC(=O)CCC2CCCCC2)c1=O. The lowest BCUT2D eigenvalue weighted by atomic mass is 9.85. The summed E-state index contributed by atoms with van der Waals surface area (Å²) in [6.07, 6.45) is 9.49. The minimum Gasteiger partial charge on any atom is -0.466 e. The van der Waals surface area contributed by atoms with E-state index in [4.69, 9.17) is 18.9 Å². The third kappa shape index (κ3) is 14.3. The fourth-order valence-electron chi connectivity index (χ4n) is 6.70. The van der Waals surface area contributed by atoms with E-state index in [1.54, 1.807) is 7.11 Å². The molecule has 0 atom stereocenters. The Hall–Kier alpha value is -4.69. The van der Waals surface area contributed by atoms with Crippen molar-refractivity contribution in [3.05, 3.63) is 62.9 Å². The van der Waals surface area contributed by atoms with E-state index >= 15 is 0 Å². The Bertz CT molecular complexity index is 1980. The first-order valence-corrected chi connectivity index (χ1v) is 19.8. The highest BCUT2D eigenvalue weighted by Crippen LogP contribution is 2.27. The fourth-order valence-corrected chi connectivity index (χ4v) is 6.70. The first kappa shape index (κ1) is 46.7. The number of aliphatic hydroxyl groups is 1. The number of nitrogens with zero attached hydrogens (tertiary/aromatic N) is 6. The number of ether oxygens (including phenoxy) is 4. The highest BCUT2D eigenvalue weighted by molar-refractivity contribution is 5.78. The van der Waals surface area contributed by atoms with E-state index in [1.807, 2.05) is 0 Å². The largest absolute Gasteiger partial charge is 0.466 e. The standard InChI is InChI=1S/C37H58N6O14/c1-54-23-9-4-3-5-10-24-56-30(46)15-17-38-32(48)39(37(53)43(36(38)52)27-29(45)14-13-28-11-7-6-8-12-28)18-16-31(47)57-26-21-42-34(50)40(19-22-44)33(49)41(35(42)51)20-25-55-2/h28,44H,3-27H2,1-2H3. The number of methoxy groups -OCH3 is 2. The molecule has 2 aromatic rings. The summed E-state index contributed by atoms with van der Waals surface area (Å²) in [5.74, 6) is -1.60. The number of rotatable bonds is 27. The minimum atomic E-state index is -1.11. The molecule has 1 N–H and O–H groups in total. The molecule has 1 fully saturated rings. The monoisotopic (exact) mass is 810 g/mol. The maximum Gasteiger partial charge on any atom is 0.336 e. The van der Waals surface area contributed by atoms with Crippen molar-refractivity contribution in [2.45, 2.75) is 129 Å². The van der Waals surface area contributed by atoms with Crippen LogP contribution in [-0.2, 0) is 72.6 Å². The van der Waals surface area contributed by atoms with Gasteiger partial charge in [-0.2, -0.15) is 0 Å². The highest BCUT2D eigenvalue weighted by atomic mass is 16.5. The first-order valence-electron chi connectivity index (χ1n) is 19.8. The molecule has 0 aromatic carbocycles. The normalized spacial score (nSPS) is 13.2. The van der Waals surface area contributed by atoms with Crippen molar-refractivity contribution in [2.24, 2.45) is 5.92 Å². The van der Waals surface area contributed by atoms with Gasteiger partial charge in [-0.25, -0.2) is 56.2 Å². The molecule has 1 aliphatic carbocycles. The van der Waals surface area contributed by atoms with Crippen LogP contribution in [0.5, 0.6) is 0 Å². The van der Waals surface area contributed by atoms with Crippen molar-refractivity contribution >= 4 is 17.7 Å². The molecule has 57 heavy (non-hydrogen) atoms. The number of unbranched alkanes of at least 4 members (excludes halogenated alkanes) is 4. The van der Waals surface area contributed by atoms with Gasteiger partial charge in [-0.1, -0.05) is 51.4 Å². The van der Waals surface area contributed by atoms with E-state index in [-0.39, 0.29) is 44.9 Å². The maximum absolute atomic E-state index is 13.5. The zero-order valence-corrected chi connectivity index (χ0v) is 33.2. The molecular weight excluding hydrogens is 752 g/mol. The second-order valence-corrected chi connectivity index (χ2v) is 14.0. The topological polar surface area (TPSA) is 240 Å². The van der Waals surface area contributed by atoms with Gasteiger partial charge in [-0.05, 0) is 25.2 Å². The van der Waals surface area contributed by atoms with Crippen molar-refractivity contribution in [1.82, 2.24) is 27.4 Å². The molecule has 1 aliphatic rings. The number of esters is 2. The number of Topliss-reactive ketones (excluding diaryl/α,β-unsaturated/α-hetero) is 1. The van der Waals surface area contributed by atoms with Crippen LogP contribution in [0, 0.1) is 5.92 Å². The molecule has 0 amide bonds. The molecule has 0 spiro atoms. The van der Waals surface area contributed by atoms with E-state index in [0.717, 1.165) is 62.4 Å². The molecule has 0 unspecified atom stereocenters. The molecular formula is C37H58N6O14. The van der Waals surface area contributed by atoms with Crippen LogP contribution in [0.3, 0.4) is 0 Å². The maximum atomic E-state index is 13.5. The lowest BCUT2D eigenvalue weighted by Gasteiger charge is -2.21. The zero-order valence-electron chi connectivity index (χ0n) is 33.2. The zero-order chi connectivity index (χ0) is 41.7. The number of hydrogen-bond donors (Lipinski definition) is 1. The average Bonchev–Trinajstić information content (AvgIpc) is 3.20. The molecule has 20 heteroatoms. The van der Waals surface area contributed by atoms with Crippen LogP contribution in [0.1, 0.15) is 89.9 Å². The van der Waals surface area contributed by atoms with Crippen molar-refractivity contribution in [3.8, 4) is 0 Å². The predicted molar refractivity (Wildman–Crippen MR) is 204 cm³/mol. The molecule has 1 saturated carbocycles. The van der Waals surface area contributed by atoms with Crippen molar-refractivity contribution in [2.75, 3.05) is 47.3 Å². The van der Waals surface area contributed by atoms with E-state index in [2.05, 4.69) is 0 Å². The van der Waals surface area contributed by atoms with Crippen molar-refractivity contribution in [3.63, 3.8) is 0 Å². The number of carbonyl (C=O) groups excluding carboxylic acids is 3. The van der Waals surface area contributed by atoms with Gasteiger partial charge in [0, 0.05) is 40.3 Å². The second kappa shape index (κ2) is 24.8. The van der Waals surface area contributed by atoms with Gasteiger partial charge in [-0.15, -0.1) is 0 Å². The van der Waals surface area contributed by atoms with Gasteiger partial charge in [0.05, 0.1) is 58.8 Å². The van der Waals surface area contributed by atoms with Crippen LogP contribution in [0.15, 0.2) is 28.8 Å². The van der Waals surface area contributed by atoms with E-state index in [1.165, 1.54) is 7.11 Å². The number of carbonyl (C=O) groups is 3. The summed E-state index contributed by atoms with van der Waals surface area (Å²) < 4.78 is 24.4. The van der Waals surface area contributed by atoms with Gasteiger partial charge in [-0.3, -0.25) is 14.4 Å². The van der Waals surface area contributed by atoms with Gasteiger partial charge < -0.3 is 24.1 Å². The third-order valence-corrected chi connectivity index (χ3v) is 9.92. The van der Waals surface area contributed by atoms with Crippen LogP contribution in [0.25, 0.3) is 0 Å². The quantitative estimate of drug-likeness (QED) is 0.0875. The molecule has 3 rings (SSSR count).